The molecular formula is C19H29N3O. The fourth-order valence-electron chi connectivity index (χ4n) is 3.84. The molecule has 2 aliphatic heterocycles. The maximum atomic E-state index is 12.9. The van der Waals surface area contributed by atoms with Gasteiger partial charge in [-0.25, -0.2) is 0 Å². The zero-order valence-corrected chi connectivity index (χ0v) is 14.5. The van der Waals surface area contributed by atoms with E-state index in [1.54, 1.807) is 6.20 Å². The van der Waals surface area contributed by atoms with Crippen LogP contribution in [0.15, 0.2) is 18.3 Å². The Morgan fingerprint density at radius 3 is 2.74 bits per heavy atom. The van der Waals surface area contributed by atoms with Crippen molar-refractivity contribution in [2.45, 2.75) is 58.4 Å². The van der Waals surface area contributed by atoms with E-state index in [0.717, 1.165) is 50.5 Å². The molecule has 2 saturated heterocycles. The summed E-state index contributed by atoms with van der Waals surface area (Å²) >= 11 is 0. The van der Waals surface area contributed by atoms with Gasteiger partial charge in [-0.1, -0.05) is 13.8 Å². The van der Waals surface area contributed by atoms with Crippen molar-refractivity contribution in [3.05, 3.63) is 24.0 Å². The van der Waals surface area contributed by atoms with Gasteiger partial charge >= 0.3 is 0 Å². The molecule has 0 N–H and O–H groups in total. The van der Waals surface area contributed by atoms with E-state index in [0.29, 0.717) is 11.7 Å². The van der Waals surface area contributed by atoms with Crippen LogP contribution in [0.3, 0.4) is 0 Å². The molecule has 1 aromatic rings. The highest BCUT2D eigenvalue weighted by Gasteiger charge is 2.27. The van der Waals surface area contributed by atoms with Gasteiger partial charge in [-0.3, -0.25) is 9.78 Å². The second-order valence-electron chi connectivity index (χ2n) is 7.13. The summed E-state index contributed by atoms with van der Waals surface area (Å²) in [7, 11) is 0. The fourth-order valence-corrected chi connectivity index (χ4v) is 3.84. The first-order valence-electron chi connectivity index (χ1n) is 9.21. The van der Waals surface area contributed by atoms with Gasteiger partial charge < -0.3 is 9.80 Å². The predicted molar refractivity (Wildman–Crippen MR) is 93.8 cm³/mol. The van der Waals surface area contributed by atoms with Crippen LogP contribution in [0, 0.1) is 5.92 Å². The van der Waals surface area contributed by atoms with Crippen LogP contribution in [-0.2, 0) is 0 Å². The number of hydrogen-bond donors (Lipinski definition) is 0. The Labute approximate surface area is 139 Å². The summed E-state index contributed by atoms with van der Waals surface area (Å²) < 4.78 is 0. The lowest BCUT2D eigenvalue weighted by atomic mass is 9.98. The third-order valence-electron chi connectivity index (χ3n) is 5.47. The normalized spacial score (nSPS) is 23.1. The number of carbonyl (C=O) groups excluding carboxylic acids is 1. The molecule has 0 spiro atoms. The minimum atomic E-state index is 0.115. The summed E-state index contributed by atoms with van der Waals surface area (Å²) in [6.07, 6.45) is 8.78. The van der Waals surface area contributed by atoms with E-state index in [9.17, 15) is 4.79 Å². The highest BCUT2D eigenvalue weighted by atomic mass is 16.2. The van der Waals surface area contributed by atoms with Gasteiger partial charge in [0.15, 0.2) is 0 Å². The van der Waals surface area contributed by atoms with Crippen LogP contribution in [-0.4, -0.2) is 41.5 Å². The fraction of sp³-hybridized carbons (Fsp3) is 0.684. The van der Waals surface area contributed by atoms with Gasteiger partial charge in [0, 0.05) is 37.6 Å². The van der Waals surface area contributed by atoms with Gasteiger partial charge in [0.1, 0.15) is 5.69 Å². The summed E-state index contributed by atoms with van der Waals surface area (Å²) in [6, 6.07) is 4.43. The van der Waals surface area contributed by atoms with E-state index in [4.69, 9.17) is 0 Å². The highest BCUT2D eigenvalue weighted by molar-refractivity contribution is 5.93. The van der Waals surface area contributed by atoms with Crippen molar-refractivity contribution in [1.29, 1.82) is 0 Å². The molecule has 3 rings (SSSR count). The molecule has 23 heavy (non-hydrogen) atoms. The van der Waals surface area contributed by atoms with Gasteiger partial charge in [-0.05, 0) is 56.6 Å². The molecule has 3 heterocycles. The molecule has 2 aliphatic rings. The number of pyridine rings is 1. The van der Waals surface area contributed by atoms with Crippen molar-refractivity contribution in [2.24, 2.45) is 5.92 Å². The minimum absolute atomic E-state index is 0.115. The first-order chi connectivity index (χ1) is 11.2. The first-order valence-corrected chi connectivity index (χ1v) is 9.21. The van der Waals surface area contributed by atoms with Crippen LogP contribution in [0.4, 0.5) is 5.69 Å². The molecule has 1 atom stereocenters. The molecule has 1 amide bonds. The average Bonchev–Trinajstić information content (AvgIpc) is 2.62. The Morgan fingerprint density at radius 2 is 2.00 bits per heavy atom. The van der Waals surface area contributed by atoms with Crippen molar-refractivity contribution in [1.82, 2.24) is 9.88 Å². The lowest BCUT2D eigenvalue weighted by Crippen LogP contribution is -2.43. The highest BCUT2D eigenvalue weighted by Crippen LogP contribution is 2.25. The molecule has 1 unspecified atom stereocenters. The molecule has 4 heteroatoms. The number of amides is 1. The zero-order chi connectivity index (χ0) is 16.2. The summed E-state index contributed by atoms with van der Waals surface area (Å²) in [6.45, 7) is 7.54. The number of piperidine rings is 2. The topological polar surface area (TPSA) is 36.4 Å². The van der Waals surface area contributed by atoms with Crippen LogP contribution in [0.1, 0.15) is 62.9 Å². The number of anilines is 1. The number of likely N-dealkylation sites (tertiary alicyclic amines) is 1. The average molecular weight is 315 g/mol. The lowest BCUT2D eigenvalue weighted by Gasteiger charge is -2.35. The van der Waals surface area contributed by atoms with Crippen molar-refractivity contribution in [3.63, 3.8) is 0 Å². The number of aromatic nitrogens is 1. The number of hydrogen-bond acceptors (Lipinski definition) is 3. The number of nitrogens with zero attached hydrogens (tertiary/aromatic N) is 3. The molecular weight excluding hydrogens is 286 g/mol. The van der Waals surface area contributed by atoms with Crippen molar-refractivity contribution in [3.8, 4) is 0 Å². The minimum Gasteiger partial charge on any atom is -0.371 e. The zero-order valence-electron chi connectivity index (χ0n) is 14.5. The number of carbonyl (C=O) groups is 1. The molecule has 1 aromatic heterocycles. The molecule has 0 aromatic carbocycles. The largest absolute Gasteiger partial charge is 0.371 e. The quantitative estimate of drug-likeness (QED) is 0.853. The van der Waals surface area contributed by atoms with Gasteiger partial charge in [-0.2, -0.15) is 0 Å². The van der Waals surface area contributed by atoms with Crippen LogP contribution < -0.4 is 4.90 Å². The number of rotatable bonds is 3. The summed E-state index contributed by atoms with van der Waals surface area (Å²) in [5, 5.41) is 0. The molecule has 2 fully saturated rings. The van der Waals surface area contributed by atoms with Gasteiger partial charge in [0.05, 0.1) is 0 Å². The second kappa shape index (κ2) is 7.33. The van der Waals surface area contributed by atoms with E-state index in [2.05, 4.69) is 23.7 Å². The molecule has 0 aliphatic carbocycles. The Morgan fingerprint density at radius 1 is 1.22 bits per heavy atom. The van der Waals surface area contributed by atoms with Crippen LogP contribution in [0.25, 0.3) is 0 Å². The van der Waals surface area contributed by atoms with E-state index in [1.807, 2.05) is 17.0 Å². The van der Waals surface area contributed by atoms with Crippen molar-refractivity contribution in [2.75, 3.05) is 24.5 Å². The first kappa shape index (κ1) is 16.3. The standard InChI is InChI=1S/C19H29N3O/c1-3-16-6-4-5-11-22(16)19(23)18-14-17(7-10-20-18)21-12-8-15(2)9-13-21/h7,10,14-16H,3-6,8-9,11-13H2,1-2H3. The van der Waals surface area contributed by atoms with E-state index in [1.165, 1.54) is 19.3 Å². The Bertz CT molecular complexity index is 537. The van der Waals surface area contributed by atoms with E-state index >= 15 is 0 Å². The van der Waals surface area contributed by atoms with E-state index < -0.39 is 0 Å². The Hall–Kier alpha value is -1.58. The molecule has 126 valence electrons. The van der Waals surface area contributed by atoms with Crippen LogP contribution in [0.2, 0.25) is 0 Å². The molecule has 0 bridgehead atoms. The predicted octanol–water partition coefficient (Wildman–Crippen LogP) is 3.72. The Kier molecular flexibility index (Phi) is 5.19. The van der Waals surface area contributed by atoms with Gasteiger partial charge in [0.25, 0.3) is 5.91 Å². The third-order valence-corrected chi connectivity index (χ3v) is 5.47. The summed E-state index contributed by atoms with van der Waals surface area (Å²) in [4.78, 5) is 21.7. The third kappa shape index (κ3) is 3.67. The second-order valence-corrected chi connectivity index (χ2v) is 7.13. The smallest absolute Gasteiger partial charge is 0.272 e. The summed E-state index contributed by atoms with van der Waals surface area (Å²) in [5.41, 5.74) is 1.77. The lowest BCUT2D eigenvalue weighted by molar-refractivity contribution is 0.0602. The maximum Gasteiger partial charge on any atom is 0.272 e. The SMILES string of the molecule is CCC1CCCCN1C(=O)c1cc(N2CCC(C)CC2)ccn1. The van der Waals surface area contributed by atoms with E-state index in [-0.39, 0.29) is 5.91 Å². The molecule has 0 saturated carbocycles. The maximum absolute atomic E-state index is 12.9. The van der Waals surface area contributed by atoms with Crippen LogP contribution in [0.5, 0.6) is 0 Å². The summed E-state index contributed by atoms with van der Waals surface area (Å²) in [5.74, 6) is 0.927. The Balaban J connectivity index is 1.75. The van der Waals surface area contributed by atoms with Gasteiger partial charge in [-0.15, -0.1) is 0 Å². The molecule has 4 nitrogen and oxygen atoms in total. The van der Waals surface area contributed by atoms with Crippen molar-refractivity contribution < 1.29 is 4.79 Å². The van der Waals surface area contributed by atoms with Crippen molar-refractivity contribution >= 4 is 11.6 Å². The monoisotopic (exact) mass is 315 g/mol. The molecule has 0 radical (unpaired) electrons. The van der Waals surface area contributed by atoms with Gasteiger partial charge in [0.2, 0.25) is 0 Å². The van der Waals surface area contributed by atoms with Crippen LogP contribution >= 0.6 is 0 Å².